The van der Waals surface area contributed by atoms with Crippen LogP contribution in [0.5, 0.6) is 0 Å². The van der Waals surface area contributed by atoms with Crippen LogP contribution in [-0.2, 0) is 0 Å². The van der Waals surface area contributed by atoms with Gasteiger partial charge in [0.2, 0.25) is 0 Å². The van der Waals surface area contributed by atoms with Crippen LogP contribution in [0.15, 0.2) is 231 Å². The Morgan fingerprint density at radius 1 is 0.273 bits per heavy atom. The summed E-state index contributed by atoms with van der Waals surface area (Å²) in [6.45, 7) is 7.11. The first-order valence-corrected chi connectivity index (χ1v) is 46.8. The second-order valence-corrected chi connectivity index (χ2v) is 47.7. The maximum absolute atomic E-state index is 3.50. The molecule has 0 spiro atoms. The fourth-order valence-corrected chi connectivity index (χ4v) is 40.3. The summed E-state index contributed by atoms with van der Waals surface area (Å²) in [5, 5.41) is 16.7. The molecule has 0 aliphatic heterocycles. The van der Waals surface area contributed by atoms with Gasteiger partial charge >= 0.3 is 189 Å². The maximum Gasteiger partial charge on any atom is 0.0449 e. The molecule has 0 amide bonds. The summed E-state index contributed by atoms with van der Waals surface area (Å²) < 4.78 is 8.79. The number of halogens is 2. The van der Waals surface area contributed by atoms with Gasteiger partial charge in [-0.2, -0.15) is 0 Å². The average molecular weight is 1540 g/mol. The van der Waals surface area contributed by atoms with Crippen molar-refractivity contribution in [3.8, 4) is 79.4 Å². The first-order chi connectivity index (χ1) is 43.2. The van der Waals surface area contributed by atoms with Gasteiger partial charge in [-0.25, -0.2) is 0 Å². The number of thiophene rings is 9. The molecular weight excluding hydrogens is 1480 g/mol. The van der Waals surface area contributed by atoms with Gasteiger partial charge in [0, 0.05) is 57.7 Å². The van der Waals surface area contributed by atoms with Gasteiger partial charge in [-0.15, -0.1) is 68.0 Å². The van der Waals surface area contributed by atoms with Crippen molar-refractivity contribution in [1.29, 1.82) is 0 Å². The molecule has 0 bridgehead atoms. The van der Waals surface area contributed by atoms with Crippen molar-refractivity contribution in [2.75, 3.05) is 0 Å². The van der Waals surface area contributed by atoms with Crippen molar-refractivity contribution in [2.45, 2.75) is 72.6 Å². The summed E-state index contributed by atoms with van der Waals surface area (Å²) in [6.07, 6.45) is 8.38. The van der Waals surface area contributed by atoms with E-state index < -0.39 is 18.4 Å². The molecule has 6 aromatic carbocycles. The van der Waals surface area contributed by atoms with E-state index >= 15 is 0 Å². The standard InChI is InChI=1S/C38H22S6.C14H8Br2.C12H7S3.3C4H9.Sn/c1-3-31(39-17-1)33-13-15-37(43-33)35-11-9-29(41-35)25-7-5-23-20-28-22-26(8-6-24(28)19-27(23)21-25)30-10-12-36(42-30)38-16-14-34(44-38)32-4-2-18-40-32;15-13-3-1-9-5-12-8-14(16)4-2-10(12)6-11(9)7-13;1-3-9(13-7-1)11-5-6-12(15-11)10-4-2-8-14-10;3*1-3-4-2;/h1-22H;1-8H;1-7H;3*1,3-4H2,2H3;. The molecule has 88 heavy (non-hydrogen) atoms. The molecule has 0 atom stereocenters. The summed E-state index contributed by atoms with van der Waals surface area (Å²) in [5.74, 6) is 0. The Balaban J connectivity index is 0.000000138. The summed E-state index contributed by atoms with van der Waals surface area (Å²) in [4.78, 5) is 19.1. The van der Waals surface area contributed by atoms with Crippen LogP contribution in [0.2, 0.25) is 13.3 Å². The molecule has 0 saturated heterocycles. The Labute approximate surface area is 574 Å². The van der Waals surface area contributed by atoms with E-state index in [4.69, 9.17) is 0 Å². The van der Waals surface area contributed by atoms with E-state index in [1.165, 1.54) is 161 Å². The molecule has 0 aliphatic rings. The van der Waals surface area contributed by atoms with Crippen molar-refractivity contribution in [2.24, 2.45) is 0 Å². The number of rotatable bonds is 18. The van der Waals surface area contributed by atoms with Crippen LogP contribution in [0.3, 0.4) is 0 Å². The van der Waals surface area contributed by atoms with Gasteiger partial charge in [0.15, 0.2) is 0 Å². The Morgan fingerprint density at radius 2 is 0.568 bits per heavy atom. The normalized spacial score (nSPS) is 11.6. The Hall–Kier alpha value is -4.58. The third-order valence-corrected chi connectivity index (χ3v) is 45.9. The molecule has 12 heteroatoms. The van der Waals surface area contributed by atoms with Crippen LogP contribution in [-0.4, -0.2) is 18.4 Å². The fraction of sp³-hybridized carbons (Fsp3) is 0.158. The molecule has 15 rings (SSSR count). The number of unbranched alkanes of at least 4 members (excludes halogenated alkanes) is 3. The Morgan fingerprint density at radius 3 is 0.909 bits per heavy atom. The topological polar surface area (TPSA) is 0 Å². The average Bonchev–Trinajstić information content (AvgIpc) is 3.60. The SMILES string of the molecule is Brc1ccc2cc3cc(Br)ccc3cc2c1.CCC[CH2][Sn]([CH2]CCC)([CH2]CCC)[c]1ccc(-c2ccc(-c3cccs3)s2)s1.c1csc(-c2ccc(-c3ccc(-c4ccc5cc6cc(-c7ccc(-c8ccc(-c9cccs9)s8)s7)ccc6cc5c4)s3)s2)c1. The molecule has 0 nitrogen and oxygen atoms in total. The molecule has 0 fully saturated rings. The molecule has 0 aliphatic carbocycles. The molecule has 9 aromatic heterocycles. The van der Waals surface area contributed by atoms with Crippen LogP contribution < -0.4 is 2.89 Å². The first kappa shape index (κ1) is 62.2. The van der Waals surface area contributed by atoms with Gasteiger partial charge < -0.3 is 0 Å². The van der Waals surface area contributed by atoms with Crippen LogP contribution in [0.1, 0.15) is 59.3 Å². The largest absolute Gasteiger partial charge is 0.143 e. The zero-order chi connectivity index (χ0) is 60.0. The summed E-state index contributed by atoms with van der Waals surface area (Å²) in [5.41, 5.74) is 2.56. The van der Waals surface area contributed by atoms with Crippen molar-refractivity contribution < 1.29 is 0 Å². The second-order valence-electron chi connectivity index (χ2n) is 22.3. The Bertz CT molecular complexity index is 4500. The minimum Gasteiger partial charge on any atom is -0.143 e. The van der Waals surface area contributed by atoms with E-state index in [0.717, 1.165) is 8.95 Å². The molecular formula is C76H64Br2S9Sn. The predicted octanol–water partition coefficient (Wildman–Crippen LogP) is 29.1. The van der Waals surface area contributed by atoms with Crippen LogP contribution >= 0.6 is 134 Å². The molecule has 9 heterocycles. The second kappa shape index (κ2) is 28.9. The van der Waals surface area contributed by atoms with E-state index in [0.29, 0.717) is 0 Å². The molecule has 0 unspecified atom stereocenters. The van der Waals surface area contributed by atoms with Crippen molar-refractivity contribution in [3.05, 3.63) is 231 Å². The van der Waals surface area contributed by atoms with Crippen molar-refractivity contribution in [1.82, 2.24) is 0 Å². The summed E-state index contributed by atoms with van der Waals surface area (Å²) in [6, 6.07) is 76.5. The van der Waals surface area contributed by atoms with Crippen molar-refractivity contribution >= 4 is 198 Å². The van der Waals surface area contributed by atoms with Crippen molar-refractivity contribution in [3.63, 3.8) is 0 Å². The third kappa shape index (κ3) is 14.4. The molecule has 15 aromatic rings. The predicted molar refractivity (Wildman–Crippen MR) is 414 cm³/mol. The van der Waals surface area contributed by atoms with Gasteiger partial charge in [0.1, 0.15) is 0 Å². The number of benzene rings is 6. The monoisotopic (exact) mass is 1540 g/mol. The quantitative estimate of drug-likeness (QED) is 0.0593. The van der Waals surface area contributed by atoms with Crippen LogP contribution in [0, 0.1) is 0 Å². The Kier molecular flexibility index (Phi) is 20.5. The van der Waals surface area contributed by atoms with E-state index in [2.05, 4.69) is 286 Å². The van der Waals surface area contributed by atoms with Gasteiger partial charge in [0.25, 0.3) is 0 Å². The molecule has 0 radical (unpaired) electrons. The molecule has 0 saturated carbocycles. The molecule has 440 valence electrons. The van der Waals surface area contributed by atoms with E-state index in [1.807, 2.05) is 70.9 Å². The van der Waals surface area contributed by atoms with Gasteiger partial charge in [-0.1, -0.05) is 80.4 Å². The van der Waals surface area contributed by atoms with Crippen LogP contribution in [0.4, 0.5) is 0 Å². The number of hydrogen-bond donors (Lipinski definition) is 0. The smallest absolute Gasteiger partial charge is 0.0449 e. The summed E-state index contributed by atoms with van der Waals surface area (Å²) in [7, 11) is 0. The fourth-order valence-electron chi connectivity index (χ4n) is 11.6. The van der Waals surface area contributed by atoms with Gasteiger partial charge in [-0.3, -0.25) is 0 Å². The zero-order valence-electron chi connectivity index (χ0n) is 49.2. The number of hydrogen-bond acceptors (Lipinski definition) is 9. The maximum atomic E-state index is 3.50. The van der Waals surface area contributed by atoms with E-state index in [9.17, 15) is 0 Å². The number of fused-ring (bicyclic) bond motifs is 4. The summed E-state index contributed by atoms with van der Waals surface area (Å²) >= 11 is 21.8. The van der Waals surface area contributed by atoms with Gasteiger partial charge in [-0.05, 0) is 186 Å². The van der Waals surface area contributed by atoms with E-state index in [1.54, 1.807) is 36.0 Å². The van der Waals surface area contributed by atoms with E-state index in [-0.39, 0.29) is 0 Å². The zero-order valence-corrected chi connectivity index (χ0v) is 62.5. The minimum absolute atomic E-state index is 1.12. The molecule has 0 N–H and O–H groups in total. The minimum atomic E-state index is -2.27. The van der Waals surface area contributed by atoms with Crippen LogP contribution in [0.25, 0.3) is 122 Å². The van der Waals surface area contributed by atoms with Gasteiger partial charge in [0.05, 0.1) is 0 Å². The first-order valence-electron chi connectivity index (χ1n) is 30.2. The third-order valence-electron chi connectivity index (χ3n) is 16.3.